The second-order valence-electron chi connectivity index (χ2n) is 4.93. The Kier molecular flexibility index (Phi) is 4.23. The predicted octanol–water partition coefficient (Wildman–Crippen LogP) is 2.26. The highest BCUT2D eigenvalue weighted by molar-refractivity contribution is 5.53. The molecule has 1 aromatic heterocycles. The Balaban J connectivity index is 2.18. The van der Waals surface area contributed by atoms with Crippen molar-refractivity contribution in [2.75, 3.05) is 29.0 Å². The Labute approximate surface area is 109 Å². The second-order valence-corrected chi connectivity index (χ2v) is 4.93. The summed E-state index contributed by atoms with van der Waals surface area (Å²) in [6.45, 7) is 6.35. The lowest BCUT2D eigenvalue weighted by molar-refractivity contribution is 0.481. The van der Waals surface area contributed by atoms with Gasteiger partial charge in [-0.15, -0.1) is 0 Å². The molecular formula is C13H23N5. The largest absolute Gasteiger partial charge is 0.370 e. The molecule has 1 aromatic rings. The maximum Gasteiger partial charge on any atom is 0.223 e. The Morgan fingerprint density at radius 2 is 2.28 bits per heavy atom. The molecule has 3 N–H and O–H groups in total. The van der Waals surface area contributed by atoms with Crippen molar-refractivity contribution in [3.63, 3.8) is 0 Å². The number of nitrogens with zero attached hydrogens (tertiary/aromatic N) is 3. The molecule has 1 aliphatic heterocycles. The summed E-state index contributed by atoms with van der Waals surface area (Å²) >= 11 is 0. The molecule has 1 unspecified atom stereocenters. The SMILES string of the molecule is CCCNc1cc(N2CCCCC2C)nc(N)n1. The van der Waals surface area contributed by atoms with Crippen molar-refractivity contribution >= 4 is 17.6 Å². The van der Waals surface area contributed by atoms with Crippen LogP contribution in [0.5, 0.6) is 0 Å². The van der Waals surface area contributed by atoms with E-state index in [-0.39, 0.29) is 0 Å². The fourth-order valence-corrected chi connectivity index (χ4v) is 2.38. The van der Waals surface area contributed by atoms with Gasteiger partial charge in [0, 0.05) is 25.2 Å². The van der Waals surface area contributed by atoms with Gasteiger partial charge in [0.1, 0.15) is 11.6 Å². The molecule has 0 amide bonds. The minimum Gasteiger partial charge on any atom is -0.370 e. The lowest BCUT2D eigenvalue weighted by Crippen LogP contribution is -2.38. The van der Waals surface area contributed by atoms with Crippen LogP contribution in [-0.4, -0.2) is 29.1 Å². The van der Waals surface area contributed by atoms with Crippen LogP contribution in [0.2, 0.25) is 0 Å². The third-order valence-corrected chi connectivity index (χ3v) is 3.38. The molecule has 18 heavy (non-hydrogen) atoms. The minimum atomic E-state index is 0.351. The van der Waals surface area contributed by atoms with Gasteiger partial charge in [-0.3, -0.25) is 0 Å². The van der Waals surface area contributed by atoms with E-state index >= 15 is 0 Å². The Morgan fingerprint density at radius 3 is 3.00 bits per heavy atom. The molecule has 0 bridgehead atoms. The van der Waals surface area contributed by atoms with Crippen LogP contribution < -0.4 is 16.0 Å². The topological polar surface area (TPSA) is 67.1 Å². The van der Waals surface area contributed by atoms with Crippen molar-refractivity contribution in [2.45, 2.75) is 45.6 Å². The summed E-state index contributed by atoms with van der Waals surface area (Å²) in [6, 6.07) is 2.54. The van der Waals surface area contributed by atoms with Gasteiger partial charge in [0.15, 0.2) is 0 Å². The van der Waals surface area contributed by atoms with Crippen LogP contribution in [0.1, 0.15) is 39.5 Å². The van der Waals surface area contributed by atoms with Crippen molar-refractivity contribution in [1.29, 1.82) is 0 Å². The number of hydrogen-bond donors (Lipinski definition) is 2. The summed E-state index contributed by atoms with van der Waals surface area (Å²) in [6.07, 6.45) is 4.83. The number of rotatable bonds is 4. The standard InChI is InChI=1S/C13H23N5/c1-3-7-15-11-9-12(17-13(14)16-11)18-8-5-4-6-10(18)2/h9-10H,3-8H2,1-2H3,(H3,14,15,16,17). The highest BCUT2D eigenvalue weighted by Gasteiger charge is 2.20. The molecule has 0 aromatic carbocycles. The number of aromatic nitrogens is 2. The number of hydrogen-bond acceptors (Lipinski definition) is 5. The molecule has 0 saturated carbocycles. The molecule has 5 heteroatoms. The van der Waals surface area contributed by atoms with Gasteiger partial charge in [0.2, 0.25) is 5.95 Å². The average molecular weight is 249 g/mol. The van der Waals surface area contributed by atoms with E-state index in [1.165, 1.54) is 19.3 Å². The molecule has 1 fully saturated rings. The van der Waals surface area contributed by atoms with Gasteiger partial charge in [-0.1, -0.05) is 6.92 Å². The second kappa shape index (κ2) is 5.89. The van der Waals surface area contributed by atoms with Gasteiger partial charge < -0.3 is 16.0 Å². The normalized spacial score (nSPS) is 19.9. The quantitative estimate of drug-likeness (QED) is 0.856. The number of nitrogen functional groups attached to an aromatic ring is 1. The summed E-state index contributed by atoms with van der Waals surface area (Å²) in [5, 5.41) is 3.27. The van der Waals surface area contributed by atoms with E-state index in [2.05, 4.69) is 34.0 Å². The molecule has 1 aliphatic rings. The predicted molar refractivity (Wildman–Crippen MR) is 75.9 cm³/mol. The molecule has 2 heterocycles. The van der Waals surface area contributed by atoms with Crippen LogP contribution in [0, 0.1) is 0 Å². The fourth-order valence-electron chi connectivity index (χ4n) is 2.38. The Bertz CT molecular complexity index is 393. The highest BCUT2D eigenvalue weighted by Crippen LogP contribution is 2.25. The zero-order chi connectivity index (χ0) is 13.0. The van der Waals surface area contributed by atoms with Crippen molar-refractivity contribution in [3.8, 4) is 0 Å². The van der Waals surface area contributed by atoms with Crippen molar-refractivity contribution in [2.24, 2.45) is 0 Å². The van der Waals surface area contributed by atoms with E-state index in [9.17, 15) is 0 Å². The monoisotopic (exact) mass is 249 g/mol. The molecule has 1 atom stereocenters. The van der Waals surface area contributed by atoms with Crippen molar-refractivity contribution in [3.05, 3.63) is 6.07 Å². The van der Waals surface area contributed by atoms with Crippen LogP contribution in [0.4, 0.5) is 17.6 Å². The van der Waals surface area contributed by atoms with Crippen LogP contribution >= 0.6 is 0 Å². The van der Waals surface area contributed by atoms with Crippen LogP contribution in [0.25, 0.3) is 0 Å². The smallest absolute Gasteiger partial charge is 0.223 e. The molecule has 0 aliphatic carbocycles. The third-order valence-electron chi connectivity index (χ3n) is 3.38. The van der Waals surface area contributed by atoms with Gasteiger partial charge in [-0.05, 0) is 32.6 Å². The van der Waals surface area contributed by atoms with E-state index < -0.39 is 0 Å². The zero-order valence-electron chi connectivity index (χ0n) is 11.3. The maximum atomic E-state index is 5.79. The first-order chi connectivity index (χ1) is 8.70. The molecule has 0 radical (unpaired) electrons. The van der Waals surface area contributed by atoms with E-state index in [4.69, 9.17) is 5.73 Å². The van der Waals surface area contributed by atoms with Crippen molar-refractivity contribution in [1.82, 2.24) is 9.97 Å². The zero-order valence-corrected chi connectivity index (χ0v) is 11.3. The van der Waals surface area contributed by atoms with Gasteiger partial charge in [-0.2, -0.15) is 9.97 Å². The number of anilines is 3. The first-order valence-electron chi connectivity index (χ1n) is 6.85. The molecule has 0 spiro atoms. The van der Waals surface area contributed by atoms with Crippen LogP contribution in [0.15, 0.2) is 6.07 Å². The highest BCUT2D eigenvalue weighted by atomic mass is 15.2. The fraction of sp³-hybridized carbons (Fsp3) is 0.692. The maximum absolute atomic E-state index is 5.79. The Morgan fingerprint density at radius 1 is 1.44 bits per heavy atom. The van der Waals surface area contributed by atoms with Gasteiger partial charge >= 0.3 is 0 Å². The number of piperidine rings is 1. The van der Waals surface area contributed by atoms with Crippen LogP contribution in [-0.2, 0) is 0 Å². The lowest BCUT2D eigenvalue weighted by Gasteiger charge is -2.34. The molecule has 100 valence electrons. The van der Waals surface area contributed by atoms with Gasteiger partial charge in [0.25, 0.3) is 0 Å². The van der Waals surface area contributed by atoms with E-state index in [0.717, 1.165) is 31.1 Å². The number of nitrogens with two attached hydrogens (primary N) is 1. The van der Waals surface area contributed by atoms with Crippen molar-refractivity contribution < 1.29 is 0 Å². The number of nitrogens with one attached hydrogen (secondary N) is 1. The van der Waals surface area contributed by atoms with E-state index in [1.807, 2.05) is 6.07 Å². The molecule has 2 rings (SSSR count). The lowest BCUT2D eigenvalue weighted by atomic mass is 10.0. The first-order valence-corrected chi connectivity index (χ1v) is 6.85. The first kappa shape index (κ1) is 12.9. The molecule has 1 saturated heterocycles. The van der Waals surface area contributed by atoms with Gasteiger partial charge in [0.05, 0.1) is 0 Å². The summed E-state index contributed by atoms with van der Waals surface area (Å²) in [5.41, 5.74) is 5.79. The van der Waals surface area contributed by atoms with E-state index in [0.29, 0.717) is 12.0 Å². The third kappa shape index (κ3) is 3.03. The van der Waals surface area contributed by atoms with Crippen LogP contribution in [0.3, 0.4) is 0 Å². The summed E-state index contributed by atoms with van der Waals surface area (Å²) in [7, 11) is 0. The Hall–Kier alpha value is -1.52. The average Bonchev–Trinajstić information content (AvgIpc) is 2.36. The summed E-state index contributed by atoms with van der Waals surface area (Å²) in [5.74, 6) is 2.13. The summed E-state index contributed by atoms with van der Waals surface area (Å²) in [4.78, 5) is 10.9. The minimum absolute atomic E-state index is 0.351. The van der Waals surface area contributed by atoms with E-state index in [1.54, 1.807) is 0 Å². The van der Waals surface area contributed by atoms with Gasteiger partial charge in [-0.25, -0.2) is 0 Å². The molecule has 5 nitrogen and oxygen atoms in total. The summed E-state index contributed by atoms with van der Waals surface area (Å²) < 4.78 is 0. The molecular weight excluding hydrogens is 226 g/mol.